The molecule has 1 atom stereocenters. The van der Waals surface area contributed by atoms with Crippen molar-refractivity contribution in [2.75, 3.05) is 11.9 Å². The van der Waals surface area contributed by atoms with Crippen LogP contribution in [0.4, 0.5) is 10.5 Å². The summed E-state index contributed by atoms with van der Waals surface area (Å²) in [5.41, 5.74) is 1.80. The number of amides is 1. The van der Waals surface area contributed by atoms with Crippen LogP contribution in [0.1, 0.15) is 38.3 Å². The number of halogens is 1. The third-order valence-corrected chi connectivity index (χ3v) is 5.95. The number of carboxylic acid groups (broad SMARTS) is 1. The Morgan fingerprint density at radius 3 is 2.33 bits per heavy atom. The highest BCUT2D eigenvalue weighted by molar-refractivity contribution is 6.30. The molecule has 0 bridgehead atoms. The molecule has 3 aromatic rings. The lowest BCUT2D eigenvalue weighted by Gasteiger charge is -2.40. The summed E-state index contributed by atoms with van der Waals surface area (Å²) < 4.78 is 1.69. The second-order valence-corrected chi connectivity index (χ2v) is 9.62. The predicted molar refractivity (Wildman–Crippen MR) is 132 cm³/mol. The molecule has 0 aliphatic heterocycles. The number of anilines is 1. The highest BCUT2D eigenvalue weighted by Gasteiger charge is 2.40. The SMILES string of the molecule is CC(C)(C)C(O)(CCc1ccc(Cl)cc1)Cn1cncn1.Cc1cccc(N(C)C(=O)O)c1. The Morgan fingerprint density at radius 2 is 1.82 bits per heavy atom. The zero-order valence-electron chi connectivity index (χ0n) is 19.9. The van der Waals surface area contributed by atoms with Crippen molar-refractivity contribution in [3.63, 3.8) is 0 Å². The van der Waals surface area contributed by atoms with Crippen molar-refractivity contribution in [3.8, 4) is 0 Å². The van der Waals surface area contributed by atoms with Crippen LogP contribution in [-0.4, -0.2) is 43.7 Å². The van der Waals surface area contributed by atoms with Crippen LogP contribution in [0.5, 0.6) is 0 Å². The van der Waals surface area contributed by atoms with Gasteiger partial charge in [-0.15, -0.1) is 0 Å². The molecule has 178 valence electrons. The maximum absolute atomic E-state index is 11.1. The molecule has 1 heterocycles. The van der Waals surface area contributed by atoms with Gasteiger partial charge in [-0.1, -0.05) is 56.6 Å². The molecule has 1 amide bonds. The van der Waals surface area contributed by atoms with Crippen molar-refractivity contribution in [1.29, 1.82) is 0 Å². The van der Waals surface area contributed by atoms with Gasteiger partial charge in [0.1, 0.15) is 12.7 Å². The number of aromatic nitrogens is 3. The summed E-state index contributed by atoms with van der Waals surface area (Å²) in [7, 11) is 1.52. The molecule has 8 heteroatoms. The molecule has 0 saturated carbocycles. The van der Waals surface area contributed by atoms with Gasteiger partial charge < -0.3 is 10.2 Å². The molecular weight excluding hydrogens is 440 g/mol. The minimum Gasteiger partial charge on any atom is -0.465 e. The number of hydrogen-bond acceptors (Lipinski definition) is 4. The van der Waals surface area contributed by atoms with E-state index in [1.165, 1.54) is 23.8 Å². The highest BCUT2D eigenvalue weighted by Crippen LogP contribution is 2.35. The molecule has 0 spiro atoms. The minimum atomic E-state index is -0.944. The molecule has 0 aliphatic rings. The van der Waals surface area contributed by atoms with E-state index >= 15 is 0 Å². The van der Waals surface area contributed by atoms with E-state index in [-0.39, 0.29) is 5.41 Å². The van der Waals surface area contributed by atoms with Gasteiger partial charge in [-0.3, -0.25) is 9.58 Å². The van der Waals surface area contributed by atoms with Crippen LogP contribution in [-0.2, 0) is 13.0 Å². The van der Waals surface area contributed by atoms with Crippen LogP contribution in [0.25, 0.3) is 0 Å². The van der Waals surface area contributed by atoms with E-state index < -0.39 is 11.7 Å². The standard InChI is InChI=1S/C16H22ClN3O.C9H11NO2/c1-15(2,3)16(21,10-20-12-18-11-19-20)9-8-13-4-6-14(17)7-5-13;1-7-4-3-5-8(6-7)10(2)9(11)12/h4-7,11-12,21H,8-10H2,1-3H3;3-6H,1-2H3,(H,11,12). The lowest BCUT2D eigenvalue weighted by Crippen LogP contribution is -2.47. The second-order valence-electron chi connectivity index (χ2n) is 9.18. The van der Waals surface area contributed by atoms with Crippen LogP contribution >= 0.6 is 11.6 Å². The van der Waals surface area contributed by atoms with E-state index in [0.29, 0.717) is 18.7 Å². The van der Waals surface area contributed by atoms with Crippen molar-refractivity contribution < 1.29 is 15.0 Å². The van der Waals surface area contributed by atoms with E-state index in [9.17, 15) is 9.90 Å². The fourth-order valence-corrected chi connectivity index (χ4v) is 3.35. The Morgan fingerprint density at radius 1 is 1.15 bits per heavy atom. The Hall–Kier alpha value is -2.90. The summed E-state index contributed by atoms with van der Waals surface area (Å²) >= 11 is 5.90. The molecule has 0 fully saturated rings. The van der Waals surface area contributed by atoms with Crippen LogP contribution < -0.4 is 4.90 Å². The smallest absolute Gasteiger partial charge is 0.411 e. The molecular formula is C25H33ClN4O3. The average molecular weight is 473 g/mol. The predicted octanol–water partition coefficient (Wildman–Crippen LogP) is 5.45. The van der Waals surface area contributed by atoms with Crippen molar-refractivity contribution in [2.24, 2.45) is 5.41 Å². The first kappa shape index (κ1) is 26.4. The van der Waals surface area contributed by atoms with Crippen LogP contribution in [0.15, 0.2) is 61.2 Å². The highest BCUT2D eigenvalue weighted by atomic mass is 35.5. The number of hydrogen-bond donors (Lipinski definition) is 2. The largest absolute Gasteiger partial charge is 0.465 e. The first-order chi connectivity index (χ1) is 15.4. The molecule has 7 nitrogen and oxygen atoms in total. The fraction of sp³-hybridized carbons (Fsp3) is 0.400. The van der Waals surface area contributed by atoms with Crippen molar-refractivity contribution in [2.45, 2.75) is 52.7 Å². The molecule has 33 heavy (non-hydrogen) atoms. The van der Waals surface area contributed by atoms with Crippen LogP contribution in [0.2, 0.25) is 5.02 Å². The number of benzene rings is 2. The molecule has 1 aromatic heterocycles. The number of rotatable bonds is 6. The Labute approximate surface area is 200 Å². The Kier molecular flexibility index (Phi) is 9.02. The van der Waals surface area contributed by atoms with Crippen molar-refractivity contribution >= 4 is 23.4 Å². The minimum absolute atomic E-state index is 0.259. The molecule has 2 aromatic carbocycles. The fourth-order valence-electron chi connectivity index (χ4n) is 3.22. The van der Waals surface area contributed by atoms with Gasteiger partial charge in [-0.2, -0.15) is 5.10 Å². The van der Waals surface area contributed by atoms with Crippen LogP contribution in [0.3, 0.4) is 0 Å². The molecule has 0 radical (unpaired) electrons. The molecule has 3 rings (SSSR count). The van der Waals surface area contributed by atoms with Gasteiger partial charge >= 0.3 is 6.09 Å². The summed E-state index contributed by atoms with van der Waals surface area (Å²) in [6.07, 6.45) is 3.62. The van der Waals surface area contributed by atoms with Crippen molar-refractivity contribution in [1.82, 2.24) is 14.8 Å². The van der Waals surface area contributed by atoms with E-state index in [1.807, 2.05) is 70.2 Å². The summed E-state index contributed by atoms with van der Waals surface area (Å²) in [6, 6.07) is 15.1. The molecule has 0 aliphatic carbocycles. The van der Waals surface area contributed by atoms with Crippen molar-refractivity contribution in [3.05, 3.63) is 77.3 Å². The zero-order chi connectivity index (χ0) is 24.6. The van der Waals surface area contributed by atoms with Gasteiger partial charge in [0.25, 0.3) is 0 Å². The summed E-state index contributed by atoms with van der Waals surface area (Å²) in [4.78, 5) is 15.7. The van der Waals surface area contributed by atoms with E-state index in [2.05, 4.69) is 10.1 Å². The summed E-state index contributed by atoms with van der Waals surface area (Å²) in [6.45, 7) is 8.51. The summed E-state index contributed by atoms with van der Waals surface area (Å²) in [5, 5.41) is 24.6. The van der Waals surface area contributed by atoms with Gasteiger partial charge in [0.05, 0.1) is 12.1 Å². The van der Waals surface area contributed by atoms with Gasteiger partial charge in [0, 0.05) is 17.8 Å². The number of carbonyl (C=O) groups is 1. The lowest BCUT2D eigenvalue weighted by atomic mass is 9.73. The molecule has 0 saturated heterocycles. The van der Waals surface area contributed by atoms with Gasteiger partial charge in [-0.25, -0.2) is 9.78 Å². The van der Waals surface area contributed by atoms with E-state index in [4.69, 9.17) is 16.7 Å². The number of aryl methyl sites for hydroxylation is 2. The third kappa shape index (κ3) is 7.87. The maximum atomic E-state index is 11.1. The number of nitrogens with zero attached hydrogens (tertiary/aromatic N) is 4. The Bertz CT molecular complexity index is 1020. The van der Waals surface area contributed by atoms with Gasteiger partial charge in [0.15, 0.2) is 0 Å². The zero-order valence-corrected chi connectivity index (χ0v) is 20.6. The maximum Gasteiger partial charge on any atom is 0.411 e. The number of aliphatic hydroxyl groups is 1. The third-order valence-electron chi connectivity index (χ3n) is 5.70. The first-order valence-corrected chi connectivity index (χ1v) is 11.1. The summed E-state index contributed by atoms with van der Waals surface area (Å²) in [5.74, 6) is 0. The van der Waals surface area contributed by atoms with E-state index in [0.717, 1.165) is 17.0 Å². The monoisotopic (exact) mass is 472 g/mol. The first-order valence-electron chi connectivity index (χ1n) is 10.7. The van der Waals surface area contributed by atoms with Gasteiger partial charge in [0.2, 0.25) is 0 Å². The quantitative estimate of drug-likeness (QED) is 0.497. The van der Waals surface area contributed by atoms with E-state index in [1.54, 1.807) is 17.1 Å². The lowest BCUT2D eigenvalue weighted by molar-refractivity contribution is -0.0796. The average Bonchev–Trinajstić information content (AvgIpc) is 3.25. The normalized spacial score (nSPS) is 12.9. The van der Waals surface area contributed by atoms with Crippen LogP contribution in [0, 0.1) is 12.3 Å². The molecule has 2 N–H and O–H groups in total. The molecule has 1 unspecified atom stereocenters. The Balaban J connectivity index is 0.000000273. The van der Waals surface area contributed by atoms with Gasteiger partial charge in [-0.05, 0) is 60.6 Å². The second kappa shape index (κ2) is 11.3. The topological polar surface area (TPSA) is 91.5 Å².